The third-order valence-corrected chi connectivity index (χ3v) is 4.89. The van der Waals surface area contributed by atoms with E-state index in [1.807, 2.05) is 0 Å². The highest BCUT2D eigenvalue weighted by atomic mass is 32.2. The number of nitrogens with one attached hydrogen (secondary N) is 1. The van der Waals surface area contributed by atoms with Crippen LogP contribution in [-0.4, -0.2) is 57.7 Å². The summed E-state index contributed by atoms with van der Waals surface area (Å²) in [5, 5.41) is 21.7. The third kappa shape index (κ3) is 6.46. The molecule has 23 heavy (non-hydrogen) atoms. The lowest BCUT2D eigenvalue weighted by Crippen LogP contribution is -2.56. The summed E-state index contributed by atoms with van der Waals surface area (Å²) in [6.45, 7) is 4.24. The molecule has 7 N–H and O–H groups in total. The number of aliphatic hydroxyl groups is 2. The van der Waals surface area contributed by atoms with Crippen molar-refractivity contribution in [3.63, 3.8) is 0 Å². The molecule has 8 nitrogen and oxygen atoms in total. The number of nitrogens with two attached hydrogens (primary N) is 2. The number of hydrogen-bond donors (Lipinski definition) is 5. The number of primary amides is 1. The Morgan fingerprint density at radius 3 is 2.30 bits per heavy atom. The van der Waals surface area contributed by atoms with Gasteiger partial charge in [0, 0.05) is 24.1 Å². The fourth-order valence-electron chi connectivity index (χ4n) is 1.80. The molecular weight excluding hydrogens is 322 g/mol. The Hall–Kier alpha value is -1.16. The molecule has 0 heterocycles. The van der Waals surface area contributed by atoms with Gasteiger partial charge in [-0.2, -0.15) is 0 Å². The van der Waals surface area contributed by atoms with E-state index in [0.29, 0.717) is 12.3 Å². The lowest BCUT2D eigenvalue weighted by Gasteiger charge is -2.38. The minimum atomic E-state index is -1.98. The smallest absolute Gasteiger partial charge is 0.250 e. The van der Waals surface area contributed by atoms with Crippen molar-refractivity contribution in [1.82, 2.24) is 5.32 Å². The second-order valence-electron chi connectivity index (χ2n) is 6.02. The average molecular weight is 349 g/mol. The third-order valence-electron chi connectivity index (χ3n) is 3.76. The van der Waals surface area contributed by atoms with Crippen LogP contribution in [0.1, 0.15) is 33.6 Å². The van der Waals surface area contributed by atoms with Crippen molar-refractivity contribution in [2.24, 2.45) is 16.9 Å². The first-order valence-electron chi connectivity index (χ1n) is 7.25. The fourth-order valence-corrected chi connectivity index (χ4v) is 2.51. The fraction of sp³-hybridized carbons (Fsp3) is 0.786. The van der Waals surface area contributed by atoms with Gasteiger partial charge in [0.2, 0.25) is 11.8 Å². The number of amides is 2. The van der Waals surface area contributed by atoms with Crippen molar-refractivity contribution < 1.29 is 24.6 Å². The van der Waals surface area contributed by atoms with Gasteiger partial charge in [0.1, 0.15) is 5.37 Å². The molecule has 2 amide bonds. The lowest BCUT2D eigenvalue weighted by molar-refractivity contribution is -0.156. The predicted octanol–water partition coefficient (Wildman–Crippen LogP) is -1.28. The molecule has 0 rings (SSSR count). The van der Waals surface area contributed by atoms with Crippen molar-refractivity contribution in [2.75, 3.05) is 18.9 Å². The van der Waals surface area contributed by atoms with E-state index in [1.54, 1.807) is 0 Å². The average Bonchev–Trinajstić information content (AvgIpc) is 2.48. The second kappa shape index (κ2) is 9.21. The van der Waals surface area contributed by atoms with E-state index < -0.39 is 28.9 Å². The highest BCUT2D eigenvalue weighted by Crippen LogP contribution is 2.34. The Morgan fingerprint density at radius 2 is 1.87 bits per heavy atom. The van der Waals surface area contributed by atoms with E-state index in [1.165, 1.54) is 32.5 Å². The maximum atomic E-state index is 11.8. The molecule has 2 atom stereocenters. The molecule has 0 fully saturated rings. The van der Waals surface area contributed by atoms with Gasteiger partial charge in [0.05, 0.1) is 6.61 Å². The zero-order valence-electron chi connectivity index (χ0n) is 13.8. The van der Waals surface area contributed by atoms with Gasteiger partial charge in [-0.3, -0.25) is 14.4 Å². The van der Waals surface area contributed by atoms with Crippen LogP contribution in [0, 0.1) is 5.41 Å². The first kappa shape index (κ1) is 21.8. The van der Waals surface area contributed by atoms with Gasteiger partial charge in [0.15, 0.2) is 11.4 Å². The highest BCUT2D eigenvalue weighted by Gasteiger charge is 2.48. The molecule has 134 valence electrons. The van der Waals surface area contributed by atoms with Crippen molar-refractivity contribution in [2.45, 2.75) is 44.6 Å². The molecule has 0 aliphatic rings. The summed E-state index contributed by atoms with van der Waals surface area (Å²) >= 11 is 1.22. The van der Waals surface area contributed by atoms with Crippen molar-refractivity contribution in [3.05, 3.63) is 0 Å². The Kier molecular flexibility index (Phi) is 8.75. The van der Waals surface area contributed by atoms with Gasteiger partial charge in [-0.25, -0.2) is 0 Å². The Morgan fingerprint density at radius 1 is 1.30 bits per heavy atom. The molecule has 0 spiro atoms. The monoisotopic (exact) mass is 349 g/mol. The maximum absolute atomic E-state index is 11.8. The van der Waals surface area contributed by atoms with Crippen molar-refractivity contribution >= 4 is 29.4 Å². The highest BCUT2D eigenvalue weighted by molar-refractivity contribution is 8.00. The first-order chi connectivity index (χ1) is 10.5. The molecule has 0 aromatic carbocycles. The van der Waals surface area contributed by atoms with Gasteiger partial charge in [0.25, 0.3) is 0 Å². The van der Waals surface area contributed by atoms with Crippen LogP contribution in [0.25, 0.3) is 0 Å². The molecule has 0 radical (unpaired) electrons. The number of hydrogen-bond acceptors (Lipinski definition) is 7. The quantitative estimate of drug-likeness (QED) is 0.230. The van der Waals surface area contributed by atoms with Gasteiger partial charge in [-0.05, 0) is 13.3 Å². The van der Waals surface area contributed by atoms with E-state index in [0.717, 1.165) is 0 Å². The van der Waals surface area contributed by atoms with Crippen LogP contribution in [0.4, 0.5) is 0 Å². The summed E-state index contributed by atoms with van der Waals surface area (Å²) in [6.07, 6.45) is -0.311. The summed E-state index contributed by atoms with van der Waals surface area (Å²) in [4.78, 5) is 34.2. The van der Waals surface area contributed by atoms with Crippen molar-refractivity contribution in [1.29, 1.82) is 0 Å². The van der Waals surface area contributed by atoms with E-state index in [2.05, 4.69) is 5.32 Å². The number of Topliss-reactive ketones (excluding diaryl/α,β-unsaturated/α-hetero) is 1. The Bertz CT molecular complexity index is 444. The van der Waals surface area contributed by atoms with Crippen LogP contribution in [0.15, 0.2) is 0 Å². The van der Waals surface area contributed by atoms with E-state index in [4.69, 9.17) is 11.5 Å². The number of carbonyl (C=O) groups is 3. The molecule has 9 heteroatoms. The van der Waals surface area contributed by atoms with Crippen LogP contribution >= 0.6 is 11.8 Å². The summed E-state index contributed by atoms with van der Waals surface area (Å²) in [5.74, 6) is -1.02. The largest absolute Gasteiger partial charge is 0.396 e. The van der Waals surface area contributed by atoms with E-state index in [9.17, 15) is 24.6 Å². The Balaban J connectivity index is 4.35. The number of rotatable bonds is 11. The van der Waals surface area contributed by atoms with Crippen LogP contribution < -0.4 is 16.8 Å². The van der Waals surface area contributed by atoms with E-state index >= 15 is 0 Å². The number of ketones is 1. The molecule has 0 aliphatic heterocycles. The van der Waals surface area contributed by atoms with Crippen LogP contribution in [0.2, 0.25) is 0 Å². The van der Waals surface area contributed by atoms with Gasteiger partial charge >= 0.3 is 0 Å². The maximum Gasteiger partial charge on any atom is 0.250 e. The standard InChI is InChI=1S/C14H27N3O5S/c1-9(19)11(15)23-7-6-17-10(20)4-5-14(22,12(16)21)13(2,3)8-18/h11,18,22H,4-8,15H2,1-3H3,(H2,16,21)(H,17,20)/t11-,14+/m1/s1. The number of thioether (sulfide) groups is 1. The molecular formula is C14H27N3O5S. The molecule has 0 aliphatic carbocycles. The van der Waals surface area contributed by atoms with E-state index in [-0.39, 0.29) is 24.5 Å². The topological polar surface area (TPSA) is 156 Å². The number of aliphatic hydroxyl groups excluding tert-OH is 1. The summed E-state index contributed by atoms with van der Waals surface area (Å²) in [7, 11) is 0. The summed E-state index contributed by atoms with van der Waals surface area (Å²) < 4.78 is 0. The first-order valence-corrected chi connectivity index (χ1v) is 8.30. The van der Waals surface area contributed by atoms with Crippen LogP contribution in [0.5, 0.6) is 0 Å². The molecule has 0 bridgehead atoms. The molecule has 0 saturated heterocycles. The minimum Gasteiger partial charge on any atom is -0.396 e. The van der Waals surface area contributed by atoms with Gasteiger partial charge < -0.3 is 27.0 Å². The molecule has 0 saturated carbocycles. The molecule has 0 aromatic heterocycles. The SMILES string of the molecule is CC(=O)[C@H](N)SCCNC(=O)CC[C@](O)(C(N)=O)C(C)(C)CO. The summed E-state index contributed by atoms with van der Waals surface area (Å²) in [5.41, 5.74) is 7.61. The lowest BCUT2D eigenvalue weighted by atomic mass is 9.72. The zero-order chi connectivity index (χ0) is 18.3. The normalized spacial score (nSPS) is 15.6. The Labute approximate surface area is 140 Å². The summed E-state index contributed by atoms with van der Waals surface area (Å²) in [6, 6.07) is 0. The van der Waals surface area contributed by atoms with Gasteiger partial charge in [-0.15, -0.1) is 11.8 Å². The molecule has 0 aromatic rings. The van der Waals surface area contributed by atoms with Gasteiger partial charge in [-0.1, -0.05) is 13.8 Å². The van der Waals surface area contributed by atoms with Crippen LogP contribution in [-0.2, 0) is 14.4 Å². The molecule has 0 unspecified atom stereocenters. The van der Waals surface area contributed by atoms with Crippen molar-refractivity contribution in [3.8, 4) is 0 Å². The second-order valence-corrected chi connectivity index (χ2v) is 7.27. The predicted molar refractivity (Wildman–Crippen MR) is 88.4 cm³/mol. The zero-order valence-corrected chi connectivity index (χ0v) is 14.6. The van der Waals surface area contributed by atoms with Crippen LogP contribution in [0.3, 0.4) is 0 Å². The number of carbonyl (C=O) groups excluding carboxylic acids is 3. The minimum absolute atomic E-state index is 0.119.